The molecule has 2 aromatic carbocycles. The zero-order valence-electron chi connectivity index (χ0n) is 16.2. The van der Waals surface area contributed by atoms with Crippen molar-refractivity contribution in [2.75, 3.05) is 49.3 Å². The molecular formula is C22H26N2O3. The first-order chi connectivity index (χ1) is 13.0. The summed E-state index contributed by atoms with van der Waals surface area (Å²) in [5, 5.41) is 0. The first-order valence-corrected chi connectivity index (χ1v) is 9.54. The molecule has 2 heterocycles. The van der Waals surface area contributed by atoms with E-state index in [9.17, 15) is 4.79 Å². The number of anilines is 2. The molecule has 2 aromatic rings. The molecule has 0 saturated carbocycles. The number of ether oxygens (including phenoxy) is 2. The van der Waals surface area contributed by atoms with Crippen molar-refractivity contribution in [3.05, 3.63) is 52.6 Å². The number of nitrogens with zero attached hydrogens (tertiary/aromatic N) is 2. The van der Waals surface area contributed by atoms with Crippen LogP contribution in [0.2, 0.25) is 0 Å². The minimum atomic E-state index is 0.0289. The lowest BCUT2D eigenvalue weighted by atomic mass is 10.0. The zero-order valence-corrected chi connectivity index (χ0v) is 16.2. The van der Waals surface area contributed by atoms with Gasteiger partial charge in [0.05, 0.1) is 25.4 Å². The van der Waals surface area contributed by atoms with Crippen molar-refractivity contribution in [2.45, 2.75) is 20.8 Å². The molecule has 142 valence electrons. The number of aryl methyl sites for hydroxylation is 3. The zero-order chi connectivity index (χ0) is 19.0. The third kappa shape index (κ3) is 3.39. The maximum Gasteiger partial charge on any atom is 0.258 e. The lowest BCUT2D eigenvalue weighted by molar-refractivity contribution is 0.0976. The summed E-state index contributed by atoms with van der Waals surface area (Å²) >= 11 is 0. The second kappa shape index (κ2) is 7.24. The van der Waals surface area contributed by atoms with Gasteiger partial charge in [0.2, 0.25) is 0 Å². The topological polar surface area (TPSA) is 42.0 Å². The highest BCUT2D eigenvalue weighted by Crippen LogP contribution is 2.37. The summed E-state index contributed by atoms with van der Waals surface area (Å²) in [6.07, 6.45) is 0. The second-order valence-electron chi connectivity index (χ2n) is 7.34. The lowest BCUT2D eigenvalue weighted by Crippen LogP contribution is -2.38. The number of rotatable bonds is 2. The molecule has 0 spiro atoms. The van der Waals surface area contributed by atoms with Gasteiger partial charge in [-0.25, -0.2) is 0 Å². The lowest BCUT2D eigenvalue weighted by Gasteiger charge is -2.32. The number of carbonyl (C=O) groups excluding carboxylic acids is 1. The highest BCUT2D eigenvalue weighted by atomic mass is 16.5. The van der Waals surface area contributed by atoms with E-state index in [1.807, 2.05) is 36.9 Å². The number of carbonyl (C=O) groups is 1. The molecule has 5 heteroatoms. The van der Waals surface area contributed by atoms with Crippen molar-refractivity contribution >= 4 is 17.3 Å². The quantitative estimate of drug-likeness (QED) is 0.816. The number of amides is 1. The summed E-state index contributed by atoms with van der Waals surface area (Å²) in [6.45, 7) is 10.5. The molecule has 0 aliphatic carbocycles. The third-order valence-corrected chi connectivity index (χ3v) is 5.29. The van der Waals surface area contributed by atoms with Crippen LogP contribution >= 0.6 is 0 Å². The fourth-order valence-electron chi connectivity index (χ4n) is 3.99. The predicted octanol–water partition coefficient (Wildman–Crippen LogP) is 3.49. The Hall–Kier alpha value is -2.53. The van der Waals surface area contributed by atoms with Gasteiger partial charge in [-0.3, -0.25) is 4.79 Å². The van der Waals surface area contributed by atoms with Crippen molar-refractivity contribution in [3.8, 4) is 5.75 Å². The van der Waals surface area contributed by atoms with Gasteiger partial charge in [0.25, 0.3) is 5.91 Å². The highest BCUT2D eigenvalue weighted by Gasteiger charge is 2.26. The molecule has 27 heavy (non-hydrogen) atoms. The monoisotopic (exact) mass is 366 g/mol. The van der Waals surface area contributed by atoms with Crippen LogP contribution in [0.1, 0.15) is 27.0 Å². The van der Waals surface area contributed by atoms with Crippen LogP contribution in [0.4, 0.5) is 11.4 Å². The Labute approximate surface area is 160 Å². The Morgan fingerprint density at radius 2 is 1.67 bits per heavy atom. The Balaban J connectivity index is 1.63. The third-order valence-electron chi connectivity index (χ3n) is 5.29. The molecule has 2 aliphatic heterocycles. The van der Waals surface area contributed by atoms with Gasteiger partial charge < -0.3 is 19.3 Å². The van der Waals surface area contributed by atoms with E-state index in [2.05, 4.69) is 24.0 Å². The first kappa shape index (κ1) is 17.9. The minimum Gasteiger partial charge on any atom is -0.489 e. The fraction of sp³-hybridized carbons (Fsp3) is 0.409. The fourth-order valence-corrected chi connectivity index (χ4v) is 3.99. The maximum absolute atomic E-state index is 13.3. The molecule has 0 radical (unpaired) electrons. The smallest absolute Gasteiger partial charge is 0.258 e. The van der Waals surface area contributed by atoms with Crippen molar-refractivity contribution in [2.24, 2.45) is 0 Å². The molecule has 0 unspecified atom stereocenters. The van der Waals surface area contributed by atoms with E-state index < -0.39 is 0 Å². The largest absolute Gasteiger partial charge is 0.489 e. The van der Waals surface area contributed by atoms with Crippen LogP contribution in [0, 0.1) is 20.8 Å². The summed E-state index contributed by atoms with van der Waals surface area (Å²) in [6, 6.07) is 10.1. The van der Waals surface area contributed by atoms with E-state index in [0.717, 1.165) is 60.0 Å². The first-order valence-electron chi connectivity index (χ1n) is 9.54. The van der Waals surface area contributed by atoms with Crippen LogP contribution < -0.4 is 14.5 Å². The van der Waals surface area contributed by atoms with Gasteiger partial charge in [0, 0.05) is 24.3 Å². The van der Waals surface area contributed by atoms with Crippen LogP contribution in [-0.4, -0.2) is 45.4 Å². The standard InChI is InChI=1S/C22H26N2O3/c1-15-12-17(3)21-20(13-15)24(8-11-27-21)22(25)18-4-5-19(16(2)14-18)23-6-9-26-10-7-23/h4-5,12-14H,6-11H2,1-3H3. The molecule has 4 rings (SSSR count). The molecular weight excluding hydrogens is 340 g/mol. The summed E-state index contributed by atoms with van der Waals surface area (Å²) < 4.78 is 11.3. The van der Waals surface area contributed by atoms with Gasteiger partial charge in [-0.2, -0.15) is 0 Å². The van der Waals surface area contributed by atoms with Gasteiger partial charge in [0.15, 0.2) is 0 Å². The van der Waals surface area contributed by atoms with E-state index in [1.165, 1.54) is 5.69 Å². The van der Waals surface area contributed by atoms with Gasteiger partial charge >= 0.3 is 0 Å². The van der Waals surface area contributed by atoms with Crippen molar-refractivity contribution in [1.29, 1.82) is 0 Å². The molecule has 5 nitrogen and oxygen atoms in total. The SMILES string of the molecule is Cc1cc(C)c2c(c1)N(C(=O)c1ccc(N3CCOCC3)c(C)c1)CCO2. The van der Waals surface area contributed by atoms with Crippen LogP contribution in [0.5, 0.6) is 5.75 Å². The Kier molecular flexibility index (Phi) is 4.79. The Morgan fingerprint density at radius 1 is 0.889 bits per heavy atom. The molecule has 0 bridgehead atoms. The molecule has 0 atom stereocenters. The van der Waals surface area contributed by atoms with E-state index in [-0.39, 0.29) is 5.91 Å². The molecule has 2 aliphatic rings. The second-order valence-corrected chi connectivity index (χ2v) is 7.34. The molecule has 1 fully saturated rings. The molecule has 0 N–H and O–H groups in total. The number of benzene rings is 2. The maximum atomic E-state index is 13.3. The molecule has 1 saturated heterocycles. The Bertz CT molecular complexity index is 872. The van der Waals surface area contributed by atoms with Crippen LogP contribution in [0.3, 0.4) is 0 Å². The van der Waals surface area contributed by atoms with E-state index in [0.29, 0.717) is 13.2 Å². The number of morpholine rings is 1. The average Bonchev–Trinajstić information content (AvgIpc) is 2.67. The van der Waals surface area contributed by atoms with E-state index in [4.69, 9.17) is 9.47 Å². The minimum absolute atomic E-state index is 0.0289. The van der Waals surface area contributed by atoms with E-state index in [1.54, 1.807) is 0 Å². The van der Waals surface area contributed by atoms with Crippen LogP contribution in [-0.2, 0) is 4.74 Å². The van der Waals surface area contributed by atoms with Crippen LogP contribution in [0.25, 0.3) is 0 Å². The van der Waals surface area contributed by atoms with E-state index >= 15 is 0 Å². The van der Waals surface area contributed by atoms with Gasteiger partial charge in [-0.1, -0.05) is 6.07 Å². The van der Waals surface area contributed by atoms with Gasteiger partial charge in [-0.05, 0) is 61.7 Å². The predicted molar refractivity (Wildman–Crippen MR) is 107 cm³/mol. The Morgan fingerprint density at radius 3 is 2.41 bits per heavy atom. The normalized spacial score (nSPS) is 16.7. The van der Waals surface area contributed by atoms with Gasteiger partial charge in [-0.15, -0.1) is 0 Å². The van der Waals surface area contributed by atoms with Crippen molar-refractivity contribution < 1.29 is 14.3 Å². The number of fused-ring (bicyclic) bond motifs is 1. The average molecular weight is 366 g/mol. The number of hydrogen-bond acceptors (Lipinski definition) is 4. The van der Waals surface area contributed by atoms with Crippen molar-refractivity contribution in [1.82, 2.24) is 0 Å². The summed E-state index contributed by atoms with van der Waals surface area (Å²) in [4.78, 5) is 17.4. The molecule has 1 amide bonds. The molecule has 0 aromatic heterocycles. The highest BCUT2D eigenvalue weighted by molar-refractivity contribution is 6.07. The summed E-state index contributed by atoms with van der Waals surface area (Å²) in [7, 11) is 0. The summed E-state index contributed by atoms with van der Waals surface area (Å²) in [5.41, 5.74) is 6.10. The van der Waals surface area contributed by atoms with Gasteiger partial charge in [0.1, 0.15) is 12.4 Å². The van der Waals surface area contributed by atoms with Crippen molar-refractivity contribution in [3.63, 3.8) is 0 Å². The van der Waals surface area contributed by atoms with Crippen LogP contribution in [0.15, 0.2) is 30.3 Å². The summed E-state index contributed by atoms with van der Waals surface area (Å²) in [5.74, 6) is 0.850. The number of hydrogen-bond donors (Lipinski definition) is 0.